The van der Waals surface area contributed by atoms with E-state index in [0.29, 0.717) is 10.5 Å². The van der Waals surface area contributed by atoms with Crippen LogP contribution in [0.5, 0.6) is 5.75 Å². The van der Waals surface area contributed by atoms with Crippen LogP contribution in [0.25, 0.3) is 10.2 Å². The van der Waals surface area contributed by atoms with Crippen molar-refractivity contribution < 1.29 is 13.5 Å². The zero-order chi connectivity index (χ0) is 15.0. The number of phenolic OH excluding ortho intramolecular Hbond substituents is 1. The van der Waals surface area contributed by atoms with Gasteiger partial charge in [-0.15, -0.1) is 0 Å². The van der Waals surface area contributed by atoms with Gasteiger partial charge in [0, 0.05) is 5.02 Å². The summed E-state index contributed by atoms with van der Waals surface area (Å²) in [6.07, 6.45) is 0. The molecule has 3 rings (SSSR count). The van der Waals surface area contributed by atoms with Crippen molar-refractivity contribution in [3.8, 4) is 5.75 Å². The molecule has 1 heterocycles. The summed E-state index contributed by atoms with van der Waals surface area (Å²) in [6, 6.07) is 10.4. The largest absolute Gasteiger partial charge is 0.508 e. The lowest BCUT2D eigenvalue weighted by Crippen LogP contribution is -2.12. The van der Waals surface area contributed by atoms with Gasteiger partial charge < -0.3 is 5.11 Å². The van der Waals surface area contributed by atoms with E-state index in [1.54, 1.807) is 18.2 Å². The van der Waals surface area contributed by atoms with Gasteiger partial charge >= 0.3 is 0 Å². The summed E-state index contributed by atoms with van der Waals surface area (Å²) in [7, 11) is -3.73. The highest BCUT2D eigenvalue weighted by molar-refractivity contribution is 7.93. The van der Waals surface area contributed by atoms with E-state index in [1.807, 2.05) is 0 Å². The monoisotopic (exact) mass is 340 g/mol. The van der Waals surface area contributed by atoms with Gasteiger partial charge in [0.25, 0.3) is 10.0 Å². The molecule has 0 bridgehead atoms. The Labute approximate surface area is 129 Å². The lowest BCUT2D eigenvalue weighted by atomic mass is 10.3. The molecule has 2 N–H and O–H groups in total. The summed E-state index contributed by atoms with van der Waals surface area (Å²) < 4.78 is 27.6. The van der Waals surface area contributed by atoms with Crippen LogP contribution < -0.4 is 4.72 Å². The average molecular weight is 341 g/mol. The number of halogens is 1. The highest BCUT2D eigenvalue weighted by Gasteiger charge is 2.16. The summed E-state index contributed by atoms with van der Waals surface area (Å²) in [5, 5.41) is 10.0. The molecule has 0 unspecified atom stereocenters. The fourth-order valence-electron chi connectivity index (χ4n) is 1.74. The third kappa shape index (κ3) is 2.94. The molecule has 0 aliphatic heterocycles. The summed E-state index contributed by atoms with van der Waals surface area (Å²) >= 11 is 7.09. The molecular weight excluding hydrogens is 332 g/mol. The Balaban J connectivity index is 1.95. The number of hydrogen-bond donors (Lipinski definition) is 2. The molecule has 21 heavy (non-hydrogen) atoms. The number of aromatic hydroxyl groups is 1. The van der Waals surface area contributed by atoms with Crippen molar-refractivity contribution in [2.45, 2.75) is 4.90 Å². The molecule has 0 saturated carbocycles. The third-order valence-electron chi connectivity index (χ3n) is 2.72. The number of fused-ring (bicyclic) bond motifs is 1. The molecule has 108 valence electrons. The van der Waals surface area contributed by atoms with Crippen LogP contribution in [0.3, 0.4) is 0 Å². The van der Waals surface area contributed by atoms with Gasteiger partial charge in [0.1, 0.15) is 5.75 Å². The maximum absolute atomic E-state index is 12.2. The number of phenols is 1. The van der Waals surface area contributed by atoms with E-state index in [2.05, 4.69) is 9.71 Å². The van der Waals surface area contributed by atoms with Crippen LogP contribution in [0.15, 0.2) is 47.4 Å². The number of sulfonamides is 1. The van der Waals surface area contributed by atoms with E-state index in [9.17, 15) is 13.5 Å². The predicted octanol–water partition coefficient (Wildman–Crippen LogP) is 3.46. The zero-order valence-corrected chi connectivity index (χ0v) is 12.8. The molecule has 8 heteroatoms. The first-order chi connectivity index (χ1) is 9.94. The maximum atomic E-state index is 12.2. The second-order valence-electron chi connectivity index (χ2n) is 4.23. The van der Waals surface area contributed by atoms with Crippen LogP contribution in [-0.4, -0.2) is 18.5 Å². The van der Waals surface area contributed by atoms with Crippen LogP contribution in [0.4, 0.5) is 5.13 Å². The Kier molecular flexibility index (Phi) is 3.48. The van der Waals surface area contributed by atoms with E-state index in [-0.39, 0.29) is 15.8 Å². The lowest BCUT2D eigenvalue weighted by Gasteiger charge is -2.04. The number of nitrogens with one attached hydrogen (secondary N) is 1. The topological polar surface area (TPSA) is 79.3 Å². The number of benzene rings is 2. The molecule has 0 fully saturated rings. The number of aromatic nitrogens is 1. The molecule has 5 nitrogen and oxygen atoms in total. The molecule has 2 aromatic carbocycles. The van der Waals surface area contributed by atoms with Crippen LogP contribution in [0.2, 0.25) is 5.02 Å². The van der Waals surface area contributed by atoms with E-state index in [0.717, 1.165) is 4.70 Å². The van der Waals surface area contributed by atoms with E-state index >= 15 is 0 Å². The summed E-state index contributed by atoms with van der Waals surface area (Å²) in [5.41, 5.74) is 0.674. The predicted molar refractivity (Wildman–Crippen MR) is 83.5 cm³/mol. The second kappa shape index (κ2) is 5.18. The summed E-state index contributed by atoms with van der Waals surface area (Å²) in [6.45, 7) is 0. The number of hydrogen-bond acceptors (Lipinski definition) is 5. The van der Waals surface area contributed by atoms with Crippen LogP contribution in [0.1, 0.15) is 0 Å². The molecular formula is C13H9ClN2O3S2. The normalized spacial score (nSPS) is 11.7. The van der Waals surface area contributed by atoms with Crippen molar-refractivity contribution >= 4 is 48.3 Å². The van der Waals surface area contributed by atoms with Crippen molar-refractivity contribution in [2.24, 2.45) is 0 Å². The molecule has 0 aliphatic rings. The standard InChI is InChI=1S/C13H9ClN2O3S2/c14-8-1-6-11-12(7-8)20-13(15-11)16-21(18,19)10-4-2-9(17)3-5-10/h1-7,17H,(H,15,16). The van der Waals surface area contributed by atoms with E-state index < -0.39 is 10.0 Å². The summed E-state index contributed by atoms with van der Waals surface area (Å²) in [5.74, 6) is 0.00331. The molecule has 0 spiro atoms. The molecule has 1 aromatic heterocycles. The Morgan fingerprint density at radius 1 is 1.14 bits per heavy atom. The number of thiazole rings is 1. The molecule has 0 saturated heterocycles. The van der Waals surface area contributed by atoms with Gasteiger partial charge in [0.2, 0.25) is 0 Å². The maximum Gasteiger partial charge on any atom is 0.263 e. The Hall–Kier alpha value is -1.83. The smallest absolute Gasteiger partial charge is 0.263 e. The Morgan fingerprint density at radius 2 is 1.86 bits per heavy atom. The third-order valence-corrected chi connectivity index (χ3v) is 5.37. The minimum Gasteiger partial charge on any atom is -0.508 e. The Bertz CT molecular complexity index is 905. The molecule has 0 aliphatic carbocycles. The van der Waals surface area contributed by atoms with Crippen molar-refractivity contribution in [1.82, 2.24) is 4.98 Å². The molecule has 0 radical (unpaired) electrons. The van der Waals surface area contributed by atoms with Gasteiger partial charge in [-0.25, -0.2) is 13.4 Å². The van der Waals surface area contributed by atoms with Crippen LogP contribution in [-0.2, 0) is 10.0 Å². The highest BCUT2D eigenvalue weighted by Crippen LogP contribution is 2.29. The van der Waals surface area contributed by atoms with Gasteiger partial charge in [-0.2, -0.15) is 0 Å². The molecule has 3 aromatic rings. The number of rotatable bonds is 3. The first kappa shape index (κ1) is 14.1. The van der Waals surface area contributed by atoms with Crippen molar-refractivity contribution in [1.29, 1.82) is 0 Å². The van der Waals surface area contributed by atoms with Gasteiger partial charge in [-0.05, 0) is 42.5 Å². The zero-order valence-electron chi connectivity index (χ0n) is 10.4. The Morgan fingerprint density at radius 3 is 2.57 bits per heavy atom. The summed E-state index contributed by atoms with van der Waals surface area (Å²) in [4.78, 5) is 4.26. The van der Waals surface area contributed by atoms with E-state index in [1.165, 1.54) is 35.6 Å². The van der Waals surface area contributed by atoms with Gasteiger partial charge in [0.05, 0.1) is 15.1 Å². The van der Waals surface area contributed by atoms with Gasteiger partial charge in [-0.3, -0.25) is 4.72 Å². The van der Waals surface area contributed by atoms with Crippen LogP contribution in [0, 0.1) is 0 Å². The molecule has 0 atom stereocenters. The first-order valence-electron chi connectivity index (χ1n) is 5.82. The molecule has 0 amide bonds. The number of nitrogens with zero attached hydrogens (tertiary/aromatic N) is 1. The van der Waals surface area contributed by atoms with Crippen molar-refractivity contribution in [3.63, 3.8) is 0 Å². The van der Waals surface area contributed by atoms with Crippen molar-refractivity contribution in [3.05, 3.63) is 47.5 Å². The fourth-order valence-corrected chi connectivity index (χ4v) is 4.12. The quantitative estimate of drug-likeness (QED) is 0.765. The highest BCUT2D eigenvalue weighted by atomic mass is 35.5. The lowest BCUT2D eigenvalue weighted by molar-refractivity contribution is 0.475. The van der Waals surface area contributed by atoms with E-state index in [4.69, 9.17) is 11.6 Å². The first-order valence-corrected chi connectivity index (χ1v) is 8.50. The van der Waals surface area contributed by atoms with Gasteiger partial charge in [-0.1, -0.05) is 22.9 Å². The van der Waals surface area contributed by atoms with Gasteiger partial charge in [0.15, 0.2) is 5.13 Å². The fraction of sp³-hybridized carbons (Fsp3) is 0. The minimum absolute atomic E-state index is 0.00331. The number of anilines is 1. The SMILES string of the molecule is O=S(=O)(Nc1nc2ccc(Cl)cc2s1)c1ccc(O)cc1. The minimum atomic E-state index is -3.73. The van der Waals surface area contributed by atoms with Crippen molar-refractivity contribution in [2.75, 3.05) is 4.72 Å². The average Bonchev–Trinajstić information content (AvgIpc) is 2.79. The van der Waals surface area contributed by atoms with Crippen LogP contribution >= 0.6 is 22.9 Å². The second-order valence-corrected chi connectivity index (χ2v) is 7.38.